The minimum atomic E-state index is -0.112. The van der Waals surface area contributed by atoms with Gasteiger partial charge < -0.3 is 15.8 Å². The maximum Gasteiger partial charge on any atom is 0.224 e. The van der Waals surface area contributed by atoms with Crippen LogP contribution in [0.2, 0.25) is 5.02 Å². The molecule has 0 aliphatic heterocycles. The first-order valence-electron chi connectivity index (χ1n) is 6.68. The van der Waals surface area contributed by atoms with E-state index in [0.29, 0.717) is 35.8 Å². The van der Waals surface area contributed by atoms with Gasteiger partial charge in [-0.25, -0.2) is 0 Å². The van der Waals surface area contributed by atoms with Gasteiger partial charge in [0, 0.05) is 12.1 Å². The number of amides is 1. The Morgan fingerprint density at radius 1 is 1.19 bits per heavy atom. The molecule has 0 saturated carbocycles. The molecule has 110 valence electrons. The lowest BCUT2D eigenvalue weighted by Crippen LogP contribution is -2.13. The first-order chi connectivity index (χ1) is 10.1. The van der Waals surface area contributed by atoms with Gasteiger partial charge in [0.15, 0.2) is 0 Å². The molecule has 5 heteroatoms. The van der Waals surface area contributed by atoms with E-state index in [9.17, 15) is 4.79 Å². The van der Waals surface area contributed by atoms with Crippen LogP contribution in [0.3, 0.4) is 0 Å². The van der Waals surface area contributed by atoms with Gasteiger partial charge in [-0.1, -0.05) is 29.8 Å². The van der Waals surface area contributed by atoms with Gasteiger partial charge in [-0.15, -0.1) is 0 Å². The number of nitrogens with two attached hydrogens (primary N) is 1. The number of anilines is 2. The molecule has 0 radical (unpaired) electrons. The van der Waals surface area contributed by atoms with E-state index in [1.54, 1.807) is 18.2 Å². The summed E-state index contributed by atoms with van der Waals surface area (Å²) in [7, 11) is 0. The van der Waals surface area contributed by atoms with Crippen molar-refractivity contribution in [3.05, 3.63) is 53.6 Å². The Morgan fingerprint density at radius 3 is 2.71 bits per heavy atom. The molecule has 2 rings (SSSR count). The van der Waals surface area contributed by atoms with Crippen molar-refractivity contribution in [3.63, 3.8) is 0 Å². The first kappa shape index (κ1) is 15.2. The van der Waals surface area contributed by atoms with Gasteiger partial charge in [0.25, 0.3) is 0 Å². The molecule has 2 aromatic rings. The summed E-state index contributed by atoms with van der Waals surface area (Å²) in [5.74, 6) is 0.691. The van der Waals surface area contributed by atoms with Crippen molar-refractivity contribution in [3.8, 4) is 5.75 Å². The van der Waals surface area contributed by atoms with E-state index in [-0.39, 0.29) is 5.91 Å². The average molecular weight is 305 g/mol. The van der Waals surface area contributed by atoms with Gasteiger partial charge in [-0.3, -0.25) is 4.79 Å². The third-order valence-electron chi connectivity index (χ3n) is 2.82. The van der Waals surface area contributed by atoms with E-state index in [1.807, 2.05) is 30.3 Å². The van der Waals surface area contributed by atoms with E-state index in [2.05, 4.69) is 5.32 Å². The Kier molecular flexibility index (Phi) is 5.46. The summed E-state index contributed by atoms with van der Waals surface area (Å²) in [6.45, 7) is 0.488. The molecular formula is C16H17ClN2O2. The Balaban J connectivity index is 1.74. The fourth-order valence-corrected chi connectivity index (χ4v) is 1.96. The Labute approximate surface area is 128 Å². The predicted molar refractivity (Wildman–Crippen MR) is 85.7 cm³/mol. The van der Waals surface area contributed by atoms with Crippen LogP contribution in [0.15, 0.2) is 48.5 Å². The topological polar surface area (TPSA) is 64.3 Å². The van der Waals surface area contributed by atoms with Crippen molar-refractivity contribution in [2.45, 2.75) is 12.8 Å². The molecule has 0 spiro atoms. The number of hydrogen-bond acceptors (Lipinski definition) is 3. The standard InChI is InChI=1S/C16H17ClN2O2/c17-14-9-8-12(18)11-15(14)19-16(20)7-4-10-21-13-5-2-1-3-6-13/h1-3,5-6,8-9,11H,4,7,10,18H2,(H,19,20). The van der Waals surface area contributed by atoms with E-state index in [0.717, 1.165) is 5.75 Å². The van der Waals surface area contributed by atoms with Crippen LogP contribution >= 0.6 is 11.6 Å². The molecule has 0 aliphatic rings. The number of hydrogen-bond donors (Lipinski definition) is 2. The molecule has 0 unspecified atom stereocenters. The fourth-order valence-electron chi connectivity index (χ4n) is 1.79. The summed E-state index contributed by atoms with van der Waals surface area (Å²) < 4.78 is 5.52. The third-order valence-corrected chi connectivity index (χ3v) is 3.15. The molecule has 4 nitrogen and oxygen atoms in total. The molecule has 0 fully saturated rings. The number of halogens is 1. The predicted octanol–water partition coefficient (Wildman–Crippen LogP) is 3.72. The number of carbonyl (C=O) groups is 1. The van der Waals surface area contributed by atoms with Crippen LogP contribution in [0.5, 0.6) is 5.75 Å². The highest BCUT2D eigenvalue weighted by atomic mass is 35.5. The number of para-hydroxylation sites is 1. The minimum Gasteiger partial charge on any atom is -0.494 e. The number of nitrogen functional groups attached to an aromatic ring is 1. The van der Waals surface area contributed by atoms with Crippen LogP contribution in [0.4, 0.5) is 11.4 Å². The smallest absolute Gasteiger partial charge is 0.224 e. The number of ether oxygens (including phenoxy) is 1. The average Bonchev–Trinajstić information content (AvgIpc) is 2.48. The number of nitrogens with one attached hydrogen (secondary N) is 1. The summed E-state index contributed by atoms with van der Waals surface area (Å²) in [5, 5.41) is 3.21. The van der Waals surface area contributed by atoms with E-state index < -0.39 is 0 Å². The second-order valence-corrected chi connectivity index (χ2v) is 4.96. The number of carbonyl (C=O) groups excluding carboxylic acids is 1. The van der Waals surface area contributed by atoms with Gasteiger partial charge in [0.05, 0.1) is 17.3 Å². The highest BCUT2D eigenvalue weighted by Crippen LogP contribution is 2.24. The van der Waals surface area contributed by atoms with E-state index in [1.165, 1.54) is 0 Å². The highest BCUT2D eigenvalue weighted by molar-refractivity contribution is 6.33. The zero-order chi connectivity index (χ0) is 15.1. The van der Waals surface area contributed by atoms with Crippen LogP contribution in [-0.4, -0.2) is 12.5 Å². The van der Waals surface area contributed by atoms with Gasteiger partial charge in [-0.2, -0.15) is 0 Å². The number of rotatable bonds is 6. The summed E-state index contributed by atoms with van der Waals surface area (Å²) in [4.78, 5) is 11.8. The zero-order valence-corrected chi connectivity index (χ0v) is 12.3. The number of benzene rings is 2. The Bertz CT molecular complexity index is 602. The van der Waals surface area contributed by atoms with Crippen LogP contribution in [0.25, 0.3) is 0 Å². The minimum absolute atomic E-state index is 0.112. The maximum atomic E-state index is 11.8. The molecular weight excluding hydrogens is 288 g/mol. The third kappa shape index (κ3) is 5.00. The lowest BCUT2D eigenvalue weighted by Gasteiger charge is -2.09. The second kappa shape index (κ2) is 7.55. The monoisotopic (exact) mass is 304 g/mol. The van der Waals surface area contributed by atoms with Crippen molar-refractivity contribution in [1.82, 2.24) is 0 Å². The van der Waals surface area contributed by atoms with Gasteiger partial charge in [-0.05, 0) is 36.8 Å². The Hall–Kier alpha value is -2.20. The quantitative estimate of drug-likeness (QED) is 0.631. The second-order valence-electron chi connectivity index (χ2n) is 4.55. The molecule has 2 aromatic carbocycles. The van der Waals surface area contributed by atoms with Crippen LogP contribution in [-0.2, 0) is 4.79 Å². The van der Waals surface area contributed by atoms with Crippen molar-refractivity contribution < 1.29 is 9.53 Å². The molecule has 1 amide bonds. The summed E-state index contributed by atoms with van der Waals surface area (Å²) in [6, 6.07) is 14.5. The molecule has 0 heterocycles. The van der Waals surface area contributed by atoms with Crippen molar-refractivity contribution in [2.75, 3.05) is 17.7 Å². The zero-order valence-electron chi connectivity index (χ0n) is 11.5. The van der Waals surface area contributed by atoms with Crippen molar-refractivity contribution >= 4 is 28.9 Å². The van der Waals surface area contributed by atoms with Crippen LogP contribution in [0.1, 0.15) is 12.8 Å². The SMILES string of the molecule is Nc1ccc(Cl)c(NC(=O)CCCOc2ccccc2)c1. The molecule has 0 saturated heterocycles. The maximum absolute atomic E-state index is 11.8. The normalized spacial score (nSPS) is 10.1. The van der Waals surface area contributed by atoms with Crippen LogP contribution < -0.4 is 15.8 Å². The first-order valence-corrected chi connectivity index (χ1v) is 7.05. The largest absolute Gasteiger partial charge is 0.494 e. The van der Waals surface area contributed by atoms with E-state index >= 15 is 0 Å². The van der Waals surface area contributed by atoms with Crippen molar-refractivity contribution in [2.24, 2.45) is 0 Å². The highest BCUT2D eigenvalue weighted by Gasteiger charge is 2.06. The summed E-state index contributed by atoms with van der Waals surface area (Å²) in [5.41, 5.74) is 6.75. The fraction of sp³-hybridized carbons (Fsp3) is 0.188. The summed E-state index contributed by atoms with van der Waals surface area (Å²) in [6.07, 6.45) is 0.985. The lowest BCUT2D eigenvalue weighted by molar-refractivity contribution is -0.116. The van der Waals surface area contributed by atoms with Gasteiger partial charge >= 0.3 is 0 Å². The molecule has 3 N–H and O–H groups in total. The van der Waals surface area contributed by atoms with Gasteiger partial charge in [0.2, 0.25) is 5.91 Å². The van der Waals surface area contributed by atoms with Crippen molar-refractivity contribution in [1.29, 1.82) is 0 Å². The molecule has 0 bridgehead atoms. The summed E-state index contributed by atoms with van der Waals surface area (Å²) >= 11 is 5.99. The van der Waals surface area contributed by atoms with E-state index in [4.69, 9.17) is 22.1 Å². The van der Waals surface area contributed by atoms with Crippen LogP contribution in [0, 0.1) is 0 Å². The lowest BCUT2D eigenvalue weighted by atomic mass is 10.2. The molecule has 21 heavy (non-hydrogen) atoms. The van der Waals surface area contributed by atoms with Gasteiger partial charge in [0.1, 0.15) is 5.75 Å². The Morgan fingerprint density at radius 2 is 1.95 bits per heavy atom. The molecule has 0 aromatic heterocycles. The molecule has 0 atom stereocenters. The molecule has 0 aliphatic carbocycles.